The largest absolute Gasteiger partial charge is 0.497 e. The lowest BCUT2D eigenvalue weighted by molar-refractivity contribution is -0.142. The summed E-state index contributed by atoms with van der Waals surface area (Å²) in [6.45, 7) is -0.482. The fraction of sp³-hybridized carbons (Fsp3) is 0.158. The van der Waals surface area contributed by atoms with Crippen molar-refractivity contribution in [1.82, 2.24) is 0 Å². The van der Waals surface area contributed by atoms with Crippen LogP contribution < -0.4 is 14.8 Å². The van der Waals surface area contributed by atoms with Crippen LogP contribution in [-0.2, 0) is 14.3 Å². The van der Waals surface area contributed by atoms with Gasteiger partial charge >= 0.3 is 5.97 Å². The van der Waals surface area contributed by atoms with Gasteiger partial charge in [0.2, 0.25) is 0 Å². The Bertz CT molecular complexity index is 847. The Hall–Kier alpha value is -2.70. The van der Waals surface area contributed by atoms with E-state index in [4.69, 9.17) is 37.4 Å². The average Bonchev–Trinajstić information content (AvgIpc) is 2.67. The predicted molar refractivity (Wildman–Crippen MR) is 105 cm³/mol. The van der Waals surface area contributed by atoms with E-state index < -0.39 is 18.5 Å². The molecule has 0 unspecified atom stereocenters. The standard InChI is InChI=1S/C19H17Cl2NO5/c1-25-13-8-6-12(16(10-13)26-2)7-9-18(24)27-11-17(23)22-19-14(20)4-3-5-15(19)21/h3-10H,11H2,1-2H3,(H,22,23)/b9-7+. The quantitative estimate of drug-likeness (QED) is 0.547. The van der Waals surface area contributed by atoms with E-state index in [0.717, 1.165) is 0 Å². The number of halogens is 2. The summed E-state index contributed by atoms with van der Waals surface area (Å²) in [5.41, 5.74) is 0.919. The summed E-state index contributed by atoms with van der Waals surface area (Å²) in [5, 5.41) is 3.07. The summed E-state index contributed by atoms with van der Waals surface area (Å²) in [5.74, 6) is -0.0898. The van der Waals surface area contributed by atoms with E-state index in [9.17, 15) is 9.59 Å². The van der Waals surface area contributed by atoms with Crippen LogP contribution >= 0.6 is 23.2 Å². The monoisotopic (exact) mass is 409 g/mol. The second kappa shape index (κ2) is 9.85. The molecule has 1 amide bonds. The van der Waals surface area contributed by atoms with Crippen molar-refractivity contribution < 1.29 is 23.8 Å². The first-order chi connectivity index (χ1) is 12.9. The zero-order valence-corrected chi connectivity index (χ0v) is 16.1. The number of methoxy groups -OCH3 is 2. The molecule has 8 heteroatoms. The van der Waals surface area contributed by atoms with Crippen LogP contribution in [0.3, 0.4) is 0 Å². The number of ether oxygens (including phenoxy) is 3. The Morgan fingerprint density at radius 3 is 2.41 bits per heavy atom. The van der Waals surface area contributed by atoms with Gasteiger partial charge in [0.15, 0.2) is 6.61 Å². The van der Waals surface area contributed by atoms with Gasteiger partial charge in [0.1, 0.15) is 11.5 Å². The minimum Gasteiger partial charge on any atom is -0.497 e. The first kappa shape index (κ1) is 20.6. The van der Waals surface area contributed by atoms with Crippen molar-refractivity contribution in [3.63, 3.8) is 0 Å². The van der Waals surface area contributed by atoms with Gasteiger partial charge in [0.25, 0.3) is 5.91 Å². The van der Waals surface area contributed by atoms with Gasteiger partial charge in [0.05, 0.1) is 30.0 Å². The minimum atomic E-state index is -0.687. The van der Waals surface area contributed by atoms with Crippen molar-refractivity contribution in [2.45, 2.75) is 0 Å². The molecule has 0 atom stereocenters. The SMILES string of the molecule is COc1ccc(/C=C/C(=O)OCC(=O)Nc2c(Cl)cccc2Cl)c(OC)c1. The molecule has 0 fully saturated rings. The molecule has 1 N–H and O–H groups in total. The fourth-order valence-electron chi connectivity index (χ4n) is 2.09. The summed E-state index contributed by atoms with van der Waals surface area (Å²) >= 11 is 11.9. The van der Waals surface area contributed by atoms with Gasteiger partial charge in [-0.2, -0.15) is 0 Å². The lowest BCUT2D eigenvalue weighted by Gasteiger charge is -2.09. The Labute approximate surface area is 166 Å². The van der Waals surface area contributed by atoms with Gasteiger partial charge < -0.3 is 19.5 Å². The average molecular weight is 410 g/mol. The molecule has 0 aromatic heterocycles. The van der Waals surface area contributed by atoms with E-state index >= 15 is 0 Å². The van der Waals surface area contributed by atoms with Crippen molar-refractivity contribution in [3.8, 4) is 11.5 Å². The van der Waals surface area contributed by atoms with E-state index in [0.29, 0.717) is 17.1 Å². The molecule has 0 spiro atoms. The molecule has 0 saturated heterocycles. The maximum Gasteiger partial charge on any atom is 0.331 e. The molecule has 0 heterocycles. The van der Waals surface area contributed by atoms with Gasteiger partial charge in [-0.25, -0.2) is 4.79 Å². The zero-order chi connectivity index (χ0) is 19.8. The number of anilines is 1. The molecule has 142 valence electrons. The first-order valence-electron chi connectivity index (χ1n) is 7.75. The highest BCUT2D eigenvalue weighted by atomic mass is 35.5. The molecule has 0 aliphatic rings. The maximum absolute atomic E-state index is 11.9. The van der Waals surface area contributed by atoms with E-state index in [-0.39, 0.29) is 15.7 Å². The molecule has 0 bridgehead atoms. The summed E-state index contributed by atoms with van der Waals surface area (Å²) in [4.78, 5) is 23.7. The van der Waals surface area contributed by atoms with Gasteiger partial charge in [0, 0.05) is 17.7 Å². The highest BCUT2D eigenvalue weighted by Gasteiger charge is 2.11. The second-order valence-electron chi connectivity index (χ2n) is 5.19. The molecule has 6 nitrogen and oxygen atoms in total. The van der Waals surface area contributed by atoms with E-state index in [2.05, 4.69) is 5.32 Å². The maximum atomic E-state index is 11.9. The number of para-hydroxylation sites is 1. The Morgan fingerprint density at radius 2 is 1.78 bits per heavy atom. The third kappa shape index (κ3) is 5.91. The number of nitrogens with one attached hydrogen (secondary N) is 1. The van der Waals surface area contributed by atoms with Crippen LogP contribution in [-0.4, -0.2) is 32.7 Å². The van der Waals surface area contributed by atoms with Gasteiger partial charge in [-0.05, 0) is 30.3 Å². The van der Waals surface area contributed by atoms with Crippen LogP contribution in [0.5, 0.6) is 11.5 Å². The molecule has 0 aliphatic carbocycles. The van der Waals surface area contributed by atoms with Crippen LogP contribution in [0.1, 0.15) is 5.56 Å². The molecule has 2 aromatic rings. The van der Waals surface area contributed by atoms with Crippen molar-refractivity contribution in [1.29, 1.82) is 0 Å². The lowest BCUT2D eigenvalue weighted by atomic mass is 10.2. The summed E-state index contributed by atoms with van der Waals surface area (Å²) in [6.07, 6.45) is 2.71. The molecule has 0 radical (unpaired) electrons. The van der Waals surface area contributed by atoms with Crippen molar-refractivity contribution in [2.75, 3.05) is 26.1 Å². The minimum absolute atomic E-state index is 0.264. The highest BCUT2D eigenvalue weighted by molar-refractivity contribution is 6.39. The first-order valence-corrected chi connectivity index (χ1v) is 8.51. The number of hydrogen-bond acceptors (Lipinski definition) is 5. The van der Waals surface area contributed by atoms with Crippen molar-refractivity contribution in [2.24, 2.45) is 0 Å². The van der Waals surface area contributed by atoms with E-state index in [1.807, 2.05) is 0 Å². The van der Waals surface area contributed by atoms with Crippen LogP contribution in [0.15, 0.2) is 42.5 Å². The van der Waals surface area contributed by atoms with Crippen LogP contribution in [0.4, 0.5) is 5.69 Å². The molecule has 0 saturated carbocycles. The van der Waals surface area contributed by atoms with Crippen LogP contribution in [0.2, 0.25) is 10.0 Å². The number of rotatable bonds is 7. The zero-order valence-electron chi connectivity index (χ0n) is 14.6. The third-order valence-electron chi connectivity index (χ3n) is 3.41. The number of carbonyl (C=O) groups is 2. The fourth-order valence-corrected chi connectivity index (χ4v) is 2.58. The van der Waals surface area contributed by atoms with Gasteiger partial charge in [-0.1, -0.05) is 29.3 Å². The van der Waals surface area contributed by atoms with Crippen LogP contribution in [0, 0.1) is 0 Å². The lowest BCUT2D eigenvalue weighted by Crippen LogP contribution is -2.20. The van der Waals surface area contributed by atoms with Crippen molar-refractivity contribution >= 4 is 46.8 Å². The number of esters is 1. The third-order valence-corrected chi connectivity index (χ3v) is 4.04. The number of hydrogen-bond donors (Lipinski definition) is 1. The summed E-state index contributed by atoms with van der Waals surface area (Å²) in [6, 6.07) is 9.96. The Balaban J connectivity index is 1.92. The summed E-state index contributed by atoms with van der Waals surface area (Å²) < 4.78 is 15.2. The highest BCUT2D eigenvalue weighted by Crippen LogP contribution is 2.29. The van der Waals surface area contributed by atoms with E-state index in [1.54, 1.807) is 43.5 Å². The van der Waals surface area contributed by atoms with E-state index in [1.165, 1.54) is 19.3 Å². The number of carbonyl (C=O) groups excluding carboxylic acids is 2. The molecule has 27 heavy (non-hydrogen) atoms. The Kier molecular flexibility index (Phi) is 7.52. The molecular formula is C19H17Cl2NO5. The Morgan fingerprint density at radius 1 is 1.07 bits per heavy atom. The van der Waals surface area contributed by atoms with Gasteiger partial charge in [-0.3, -0.25) is 4.79 Å². The molecule has 2 rings (SSSR count). The van der Waals surface area contributed by atoms with Crippen LogP contribution in [0.25, 0.3) is 6.08 Å². The molecule has 2 aromatic carbocycles. The summed E-state index contributed by atoms with van der Waals surface area (Å²) in [7, 11) is 3.05. The predicted octanol–water partition coefficient (Wildman–Crippen LogP) is 4.21. The number of benzene rings is 2. The van der Waals surface area contributed by atoms with Gasteiger partial charge in [-0.15, -0.1) is 0 Å². The molecular weight excluding hydrogens is 393 g/mol. The second-order valence-corrected chi connectivity index (χ2v) is 6.01. The topological polar surface area (TPSA) is 73.9 Å². The normalized spacial score (nSPS) is 10.5. The number of amides is 1. The smallest absolute Gasteiger partial charge is 0.331 e. The van der Waals surface area contributed by atoms with Crippen molar-refractivity contribution in [3.05, 3.63) is 58.1 Å². The molecule has 0 aliphatic heterocycles.